The Hall–Kier alpha value is -7.16. The van der Waals surface area contributed by atoms with Gasteiger partial charge in [-0.1, -0.05) is 170 Å². The van der Waals surface area contributed by atoms with E-state index < -0.39 is 0 Å². The molecule has 0 fully saturated rings. The molecule has 1 heterocycles. The molecular weight excluding hydrogens is 655 g/mol. The van der Waals surface area contributed by atoms with Crippen LogP contribution >= 0.6 is 0 Å². The zero-order valence-corrected chi connectivity index (χ0v) is 29.6. The lowest BCUT2D eigenvalue weighted by Gasteiger charge is -2.29. The Kier molecular flexibility index (Phi) is 7.85. The minimum absolute atomic E-state index is 0.890. The highest BCUT2D eigenvalue weighted by Gasteiger charge is 2.20. The maximum Gasteiger partial charge on any atom is 0.143 e. The van der Waals surface area contributed by atoms with Crippen molar-refractivity contribution in [1.29, 1.82) is 0 Å². The van der Waals surface area contributed by atoms with E-state index in [9.17, 15) is 0 Å². The van der Waals surface area contributed by atoms with Crippen molar-refractivity contribution in [3.05, 3.63) is 212 Å². The number of fused-ring (bicyclic) bond motifs is 5. The first-order valence-electron chi connectivity index (χ1n) is 18.4. The SMILES string of the molecule is c1ccc(-c2ccc(-c3ccccc3N(c3cccc(-c4ccccc4)c3)c3cccc(-c4cccc5oc6c7ccccc7ccc6c45)c3)cc2)cc1. The fourth-order valence-corrected chi connectivity index (χ4v) is 7.87. The first-order valence-corrected chi connectivity index (χ1v) is 18.4. The predicted molar refractivity (Wildman–Crippen MR) is 228 cm³/mol. The Balaban J connectivity index is 1.15. The van der Waals surface area contributed by atoms with E-state index in [-0.39, 0.29) is 0 Å². The minimum Gasteiger partial charge on any atom is -0.455 e. The van der Waals surface area contributed by atoms with Crippen molar-refractivity contribution in [2.45, 2.75) is 0 Å². The molecule has 0 saturated carbocycles. The minimum atomic E-state index is 0.890. The fraction of sp³-hybridized carbons (Fsp3) is 0. The molecule has 0 radical (unpaired) electrons. The van der Waals surface area contributed by atoms with E-state index in [1.807, 2.05) is 0 Å². The normalized spacial score (nSPS) is 11.3. The van der Waals surface area contributed by atoms with E-state index >= 15 is 0 Å². The zero-order chi connectivity index (χ0) is 35.8. The second-order valence-electron chi connectivity index (χ2n) is 13.7. The third-order valence-corrected chi connectivity index (χ3v) is 10.5. The molecule has 0 saturated heterocycles. The summed E-state index contributed by atoms with van der Waals surface area (Å²) >= 11 is 0. The molecule has 2 heteroatoms. The molecule has 2 nitrogen and oxygen atoms in total. The van der Waals surface area contributed by atoms with Crippen LogP contribution in [0.5, 0.6) is 0 Å². The largest absolute Gasteiger partial charge is 0.455 e. The predicted octanol–water partition coefficient (Wildman–Crippen LogP) is 14.9. The van der Waals surface area contributed by atoms with Gasteiger partial charge in [0.25, 0.3) is 0 Å². The van der Waals surface area contributed by atoms with Crippen LogP contribution in [-0.4, -0.2) is 0 Å². The van der Waals surface area contributed by atoms with Gasteiger partial charge in [0.2, 0.25) is 0 Å². The van der Waals surface area contributed by atoms with Gasteiger partial charge in [0.15, 0.2) is 0 Å². The summed E-state index contributed by atoms with van der Waals surface area (Å²) in [6.07, 6.45) is 0. The smallest absolute Gasteiger partial charge is 0.143 e. The maximum atomic E-state index is 6.59. The number of furan rings is 1. The molecule has 0 spiro atoms. The van der Waals surface area contributed by atoms with E-state index in [1.165, 1.54) is 27.6 Å². The van der Waals surface area contributed by atoms with Crippen molar-refractivity contribution in [2.24, 2.45) is 0 Å². The lowest BCUT2D eigenvalue weighted by Crippen LogP contribution is -2.11. The molecule has 54 heavy (non-hydrogen) atoms. The van der Waals surface area contributed by atoms with Gasteiger partial charge in [-0.15, -0.1) is 0 Å². The highest BCUT2D eigenvalue weighted by molar-refractivity contribution is 6.19. The van der Waals surface area contributed by atoms with E-state index in [1.54, 1.807) is 0 Å². The summed E-state index contributed by atoms with van der Waals surface area (Å²) in [5.41, 5.74) is 14.4. The average Bonchev–Trinajstić information content (AvgIpc) is 3.65. The van der Waals surface area contributed by atoms with Gasteiger partial charge in [0.05, 0.1) is 5.69 Å². The quantitative estimate of drug-likeness (QED) is 0.166. The Bertz CT molecular complexity index is 2920. The summed E-state index contributed by atoms with van der Waals surface area (Å²) in [6, 6.07) is 75.9. The summed E-state index contributed by atoms with van der Waals surface area (Å²) in [4.78, 5) is 2.40. The molecular formula is C52H35NO. The summed E-state index contributed by atoms with van der Waals surface area (Å²) in [5, 5.41) is 4.56. The summed E-state index contributed by atoms with van der Waals surface area (Å²) in [7, 11) is 0. The van der Waals surface area contributed by atoms with Crippen LogP contribution in [0.25, 0.3) is 77.2 Å². The van der Waals surface area contributed by atoms with E-state index in [0.29, 0.717) is 0 Å². The second kappa shape index (κ2) is 13.4. The second-order valence-corrected chi connectivity index (χ2v) is 13.7. The Labute approximate surface area is 314 Å². The third kappa shape index (κ3) is 5.62. The zero-order valence-electron chi connectivity index (χ0n) is 29.6. The van der Waals surface area contributed by atoms with Crippen LogP contribution in [0.3, 0.4) is 0 Å². The van der Waals surface area contributed by atoms with Crippen molar-refractivity contribution >= 4 is 49.8 Å². The fourth-order valence-electron chi connectivity index (χ4n) is 7.87. The number of anilines is 3. The molecule has 0 unspecified atom stereocenters. The van der Waals surface area contributed by atoms with E-state index in [4.69, 9.17) is 4.42 Å². The first-order chi connectivity index (χ1) is 26.8. The Morgan fingerprint density at radius 2 is 0.889 bits per heavy atom. The lowest BCUT2D eigenvalue weighted by molar-refractivity contribution is 0.673. The van der Waals surface area contributed by atoms with Crippen molar-refractivity contribution in [3.8, 4) is 44.5 Å². The molecule has 0 amide bonds. The third-order valence-electron chi connectivity index (χ3n) is 10.5. The van der Waals surface area contributed by atoms with Crippen molar-refractivity contribution in [3.63, 3.8) is 0 Å². The molecule has 0 aliphatic heterocycles. The van der Waals surface area contributed by atoms with Crippen LogP contribution in [0.2, 0.25) is 0 Å². The molecule has 0 bridgehead atoms. The monoisotopic (exact) mass is 689 g/mol. The van der Waals surface area contributed by atoms with Gasteiger partial charge in [-0.05, 0) is 86.8 Å². The van der Waals surface area contributed by atoms with Crippen molar-refractivity contribution in [1.82, 2.24) is 0 Å². The summed E-state index contributed by atoms with van der Waals surface area (Å²) in [5.74, 6) is 0. The van der Waals surface area contributed by atoms with Gasteiger partial charge < -0.3 is 9.32 Å². The van der Waals surface area contributed by atoms with Gasteiger partial charge >= 0.3 is 0 Å². The topological polar surface area (TPSA) is 16.4 Å². The average molecular weight is 690 g/mol. The summed E-state index contributed by atoms with van der Waals surface area (Å²) in [6.45, 7) is 0. The molecule has 1 aromatic heterocycles. The van der Waals surface area contributed by atoms with Gasteiger partial charge in [-0.3, -0.25) is 0 Å². The maximum absolute atomic E-state index is 6.59. The molecule has 0 atom stereocenters. The highest BCUT2D eigenvalue weighted by Crippen LogP contribution is 2.45. The number of para-hydroxylation sites is 1. The van der Waals surface area contributed by atoms with Crippen LogP contribution in [-0.2, 0) is 0 Å². The Morgan fingerprint density at radius 1 is 0.333 bits per heavy atom. The van der Waals surface area contributed by atoms with E-state index in [2.05, 4.69) is 217 Å². The number of benzene rings is 9. The van der Waals surface area contributed by atoms with Crippen LogP contribution in [0.4, 0.5) is 17.1 Å². The molecule has 0 aliphatic carbocycles. The number of nitrogens with zero attached hydrogens (tertiary/aromatic N) is 1. The molecule has 9 aromatic carbocycles. The van der Waals surface area contributed by atoms with Crippen LogP contribution in [0.15, 0.2) is 217 Å². The lowest BCUT2D eigenvalue weighted by atomic mass is 9.96. The number of hydrogen-bond donors (Lipinski definition) is 0. The number of hydrogen-bond acceptors (Lipinski definition) is 2. The Morgan fingerprint density at radius 3 is 1.67 bits per heavy atom. The van der Waals surface area contributed by atoms with Crippen LogP contribution < -0.4 is 4.90 Å². The highest BCUT2D eigenvalue weighted by atomic mass is 16.3. The van der Waals surface area contributed by atoms with Gasteiger partial charge in [0, 0.05) is 33.1 Å². The van der Waals surface area contributed by atoms with E-state index in [0.717, 1.165) is 66.6 Å². The van der Waals surface area contributed by atoms with Gasteiger partial charge in [-0.2, -0.15) is 0 Å². The van der Waals surface area contributed by atoms with Crippen molar-refractivity contribution in [2.75, 3.05) is 4.90 Å². The van der Waals surface area contributed by atoms with Crippen LogP contribution in [0, 0.1) is 0 Å². The standard InChI is InChI=1S/C52H35NO/c1-3-14-36(15-4-1)38-28-30-40(31-29-38)45-23-9-10-26-49(45)53(43-21-11-19-41(34-43)37-16-5-2-6-17-37)44-22-12-20-42(35-44)46-25-13-27-50-51(46)48-33-32-39-18-7-8-24-47(39)52(48)54-50/h1-35H. The first kappa shape index (κ1) is 31.6. The summed E-state index contributed by atoms with van der Waals surface area (Å²) < 4.78 is 6.59. The van der Waals surface area contributed by atoms with Gasteiger partial charge in [-0.25, -0.2) is 0 Å². The molecule has 254 valence electrons. The van der Waals surface area contributed by atoms with Crippen LogP contribution in [0.1, 0.15) is 0 Å². The van der Waals surface area contributed by atoms with Gasteiger partial charge in [0.1, 0.15) is 11.2 Å². The molecule has 0 N–H and O–H groups in total. The van der Waals surface area contributed by atoms with Crippen molar-refractivity contribution < 1.29 is 4.42 Å². The molecule has 10 aromatic rings. The molecule has 0 aliphatic rings. The molecule has 10 rings (SSSR count). The number of rotatable bonds is 7.